The molecule has 0 aliphatic carbocycles. The molecule has 41 nitrogen and oxygen atoms in total. The topological polar surface area (TPSA) is 461 Å². The van der Waals surface area contributed by atoms with Crippen LogP contribution >= 0.6 is 35.3 Å². The molecule has 50 heteroatoms. The summed E-state index contributed by atoms with van der Waals surface area (Å²) < 4.78 is 289. The molecule has 0 bridgehead atoms. The molecule has 2 amide bonds. The molecule has 141 heavy (non-hydrogen) atoms. The van der Waals surface area contributed by atoms with Crippen molar-refractivity contribution in [3.05, 3.63) is 95.2 Å². The summed E-state index contributed by atoms with van der Waals surface area (Å²) in [7, 11) is -9.63. The predicted octanol–water partition coefficient (Wildman–Crippen LogP) is 3.58. The summed E-state index contributed by atoms with van der Waals surface area (Å²) in [6.45, 7) is 24.8. The van der Waals surface area contributed by atoms with Crippen LogP contribution in [0.5, 0.6) is 11.5 Å². The van der Waals surface area contributed by atoms with Gasteiger partial charge in [0.05, 0.1) is 329 Å². The van der Waals surface area contributed by atoms with Gasteiger partial charge < -0.3 is 138 Å². The minimum absolute atomic E-state index is 0.0125. The van der Waals surface area contributed by atoms with E-state index in [0.29, 0.717) is 260 Å². The number of hydrogen-bond donors (Lipinski definition) is 3. The number of ether oxygens (including phenoxy) is 24. The maximum Gasteiger partial charge on any atom is 0.343 e. The van der Waals surface area contributed by atoms with Crippen LogP contribution < -0.4 is 34.8 Å². The molecule has 9 rings (SSSR count). The Hall–Kier alpha value is -5.37. The molecule has 0 spiro atoms. The van der Waals surface area contributed by atoms with Crippen LogP contribution in [-0.2, 0) is 158 Å². The Kier molecular flexibility index (Phi) is 54.2. The lowest BCUT2D eigenvalue weighted by Crippen LogP contribution is -2.55. The van der Waals surface area contributed by atoms with E-state index in [9.17, 15) is 44.2 Å². The zero-order valence-corrected chi connectivity index (χ0v) is 86.1. The lowest BCUT2D eigenvalue weighted by atomic mass is 9.76. The molecule has 4 unspecified atom stereocenters. The Bertz CT molecular complexity index is 4890. The largest absolute Gasteiger partial charge is 0.744 e. The van der Waals surface area contributed by atoms with Crippen molar-refractivity contribution in [3.8, 4) is 11.5 Å². The molecule has 3 aromatic carbocycles. The molecule has 0 saturated carbocycles. The van der Waals surface area contributed by atoms with Crippen LogP contribution in [0.1, 0.15) is 73.3 Å². The van der Waals surface area contributed by atoms with Gasteiger partial charge in [-0.25, -0.2) is 52.5 Å². The number of nitrogens with zero attached hydrogens (tertiary/aromatic N) is 3. The third kappa shape index (κ3) is 38.3. The third-order valence-electron chi connectivity index (χ3n) is 22.7. The van der Waals surface area contributed by atoms with E-state index < -0.39 is 131 Å². The van der Waals surface area contributed by atoms with Gasteiger partial charge in [0.25, 0.3) is 11.8 Å². The fraction of sp³-hybridized carbons (Fsp3) is 0.714. The second-order valence-electron chi connectivity index (χ2n) is 32.9. The van der Waals surface area contributed by atoms with E-state index in [4.69, 9.17) is 124 Å². The van der Waals surface area contributed by atoms with Crippen LogP contribution in [0, 0.1) is 29.3 Å². The van der Waals surface area contributed by atoms with Crippen LogP contribution in [0.2, 0.25) is 0 Å². The van der Waals surface area contributed by atoms with Gasteiger partial charge in [-0.1, -0.05) is 6.08 Å². The Morgan fingerprint density at radius 3 is 1.30 bits per heavy atom. The fourth-order valence-corrected chi connectivity index (χ4v) is 22.8. The van der Waals surface area contributed by atoms with Crippen molar-refractivity contribution in [2.24, 2.45) is 11.8 Å². The molecule has 6 aliphatic heterocycles. The maximum absolute atomic E-state index is 18.4. The number of sulfone groups is 1. The fourth-order valence-electron chi connectivity index (χ4n) is 15.0. The first-order valence-electron chi connectivity index (χ1n) is 46.8. The summed E-state index contributed by atoms with van der Waals surface area (Å²) >= 11 is 1.93. The second-order valence-corrected chi connectivity index (χ2v) is 41.8. The van der Waals surface area contributed by atoms with Gasteiger partial charge in [0.15, 0.2) is 23.1 Å². The number of fused-ring (bicyclic) bond motifs is 8. The van der Waals surface area contributed by atoms with E-state index in [2.05, 4.69) is 10.0 Å². The Balaban J connectivity index is 0.729. The summed E-state index contributed by atoms with van der Waals surface area (Å²) in [5.74, 6) is -12.9. The monoisotopic (exact) mass is 2130 g/mol. The van der Waals surface area contributed by atoms with Gasteiger partial charge in [-0.05, 0) is 37.6 Å². The molecule has 1 saturated heterocycles. The van der Waals surface area contributed by atoms with Crippen molar-refractivity contribution in [3.63, 3.8) is 0 Å². The average molecular weight is 2130 g/mol. The number of hydrogen-bond acceptors (Lipinski definition) is 41. The summed E-state index contributed by atoms with van der Waals surface area (Å²) in [6, 6.07) is 6.08. The number of rotatable bonds is 82. The molecule has 1 fully saturated rings. The summed E-state index contributed by atoms with van der Waals surface area (Å²) in [5.41, 5.74) is -2.56. The number of aliphatic hydroxyl groups is 1. The van der Waals surface area contributed by atoms with Gasteiger partial charge in [0.2, 0.25) is 25.2 Å². The molecule has 800 valence electrons. The minimum Gasteiger partial charge on any atom is -0.744 e. The average Bonchev–Trinajstić information content (AvgIpc) is 1.69. The number of carbonyl (C=O) groups excluding carboxylic acids is 3. The highest BCUT2D eigenvalue weighted by Crippen LogP contribution is 2.61. The summed E-state index contributed by atoms with van der Waals surface area (Å²) in [5, 5.41) is 10.8. The molecule has 6 aliphatic rings. The standard InChI is InChI=1S/C91H138F3N5O36S6/c1-90(2)70-60-79(139(104,105)65-133-57-56-132-55-54-131-53-52-123-35-31-118-25-21-113-15-11-95-10-14-112-20-24-117-30-34-122-37-33-120-27-23-115-17-13-100)137-86(70)66-58-68-74(62-72(66)97(90)5)134-75-63-73-67(59-69(75)81(68)82-83(92)88(84(93)85(94)89(82)141(108,109)110)136-64-78(103)135-99-76(101)8-9-77(99)102)87-71(91(3,4)98(73)6)61-80(138-87)140(106,107)96-12-16-114-22-26-119-32-36-124-40-41-126-44-45-128-48-49-130-51-50-129-47-46-127-43-42-125-39-38-121-29-28-116-19-18-111-7/h58-63,70-71,86-87,95-96,100H,8-57,64-65H2,1-7H3. The number of carbonyl (C=O) groups is 3. The predicted molar refractivity (Wildman–Crippen MR) is 509 cm³/mol. The van der Waals surface area contributed by atoms with Crippen molar-refractivity contribution in [1.82, 2.24) is 19.7 Å². The molecular formula is C91H138F3N5O36S6. The van der Waals surface area contributed by atoms with E-state index >= 15 is 13.2 Å². The van der Waals surface area contributed by atoms with Gasteiger partial charge in [-0.2, -0.15) is 0 Å². The van der Waals surface area contributed by atoms with Crippen molar-refractivity contribution < 1.29 is 181 Å². The number of thioether (sulfide) groups is 3. The van der Waals surface area contributed by atoms with Crippen molar-refractivity contribution in [2.75, 3.05) is 355 Å². The first-order valence-corrected chi connectivity index (χ1v) is 54.1. The Morgan fingerprint density at radius 2 is 0.879 bits per heavy atom. The first kappa shape index (κ1) is 119. The maximum atomic E-state index is 18.4. The highest BCUT2D eigenvalue weighted by Gasteiger charge is 2.54. The smallest absolute Gasteiger partial charge is 0.343 e. The lowest BCUT2D eigenvalue weighted by Gasteiger charge is -2.49. The number of methoxy groups -OCH3 is 1. The molecule has 4 atom stereocenters. The zero-order chi connectivity index (χ0) is 101. The molecule has 3 N–H and O–H groups in total. The number of anilines is 1. The van der Waals surface area contributed by atoms with Crippen LogP contribution in [0.3, 0.4) is 0 Å². The lowest BCUT2D eigenvalue weighted by molar-refractivity contribution is -0.195. The number of amides is 2. The Labute approximate surface area is 835 Å². The molecule has 6 heterocycles. The number of imide groups is 1. The van der Waals surface area contributed by atoms with Crippen LogP contribution in [-0.4, -0.2) is 419 Å². The number of sulfonamides is 1. The quantitative estimate of drug-likeness (QED) is 0.0142. The van der Waals surface area contributed by atoms with Crippen LogP contribution in [0.4, 0.5) is 18.9 Å². The minimum atomic E-state index is -6.27. The van der Waals surface area contributed by atoms with E-state index in [0.717, 1.165) is 23.5 Å². The van der Waals surface area contributed by atoms with Gasteiger partial charge in [-0.15, -0.1) is 40.3 Å². The molecule has 0 radical (unpaired) electrons. The zero-order valence-electron chi connectivity index (χ0n) is 81.2. The van der Waals surface area contributed by atoms with E-state index in [1.165, 1.54) is 12.1 Å². The van der Waals surface area contributed by atoms with Crippen molar-refractivity contribution >= 4 is 94.3 Å². The van der Waals surface area contributed by atoms with Gasteiger partial charge in [-0.3, -0.25) is 9.59 Å². The van der Waals surface area contributed by atoms with Gasteiger partial charge >= 0.3 is 5.97 Å². The molecule has 3 aromatic rings. The summed E-state index contributed by atoms with van der Waals surface area (Å²) in [6.07, 6.45) is 2.61. The molecule has 0 aromatic heterocycles. The van der Waals surface area contributed by atoms with Crippen LogP contribution in [0.25, 0.3) is 5.57 Å². The second kappa shape index (κ2) is 64.1. The molecular weight excluding hydrogens is 1990 g/mol. The summed E-state index contributed by atoms with van der Waals surface area (Å²) in [4.78, 5) is 41.7. The third-order valence-corrected chi connectivity index (χ3v) is 31.4. The normalized spacial score (nSPS) is 17.6. The highest BCUT2D eigenvalue weighted by atomic mass is 32.3. The number of hydroxylamine groups is 2. The van der Waals surface area contributed by atoms with E-state index in [-0.39, 0.29) is 140 Å². The van der Waals surface area contributed by atoms with Gasteiger partial charge in [0.1, 0.15) is 43.6 Å². The highest BCUT2D eigenvalue weighted by molar-refractivity contribution is 8.19. The van der Waals surface area contributed by atoms with E-state index in [1.807, 2.05) is 37.2 Å². The van der Waals surface area contributed by atoms with Crippen LogP contribution in [0.15, 0.2) is 54.7 Å². The first-order chi connectivity index (χ1) is 68.1. The number of aliphatic hydroxyl groups excluding tert-OH is 1. The Morgan fingerprint density at radius 1 is 0.496 bits per heavy atom. The van der Waals surface area contributed by atoms with Crippen molar-refractivity contribution in [2.45, 2.75) is 71.9 Å². The van der Waals surface area contributed by atoms with E-state index in [1.54, 1.807) is 45.5 Å². The number of nitrogens with one attached hydrogen (secondary N) is 2. The SMILES string of the molecule is COCCOCCOCCOCCOCCOCCOCCOCCOCCOCCOCCOCCNS(=O)(=O)C1=CC2C(S1)c1cc3c(cc1=[N+](C)C2(C)C)Oc1cc2c(cc1C=3c1c(F)c(SCC(=O)ON3C(=O)CCC3=O)c(F)c(F)c1S(=O)(=O)[O-])C1SC(S(=O)(=O)COCCOCCOCCOCCOCCOCCNCCOCCOCCOCCOCCOCCO)=CC1C(C)(C)N2C. The van der Waals surface area contributed by atoms with Crippen molar-refractivity contribution in [1.29, 1.82) is 0 Å². The number of halogens is 3. The number of benzene rings is 3. The van der Waals surface area contributed by atoms with Gasteiger partial charge in [0, 0.05) is 116 Å².